The molecule has 0 bridgehead atoms. The minimum atomic E-state index is -0.378. The molecule has 3 N–H and O–H groups in total. The summed E-state index contributed by atoms with van der Waals surface area (Å²) in [6.45, 7) is 2.24. The van der Waals surface area contributed by atoms with Gasteiger partial charge in [0, 0.05) is 16.6 Å². The molecule has 2 aromatic carbocycles. The molecule has 9 heteroatoms. The standard InChI is InChI=1S/C19H20BrN5O2S/c1-12(18(26)22-11-13-7-9-14(27-2)10-8-13)28-19-24-23-17(25(19)21)15-5-3-4-6-16(15)20/h3-10,12H,11,21H2,1-2H3,(H,22,26). The van der Waals surface area contributed by atoms with Crippen LogP contribution in [0.15, 0.2) is 58.2 Å². The van der Waals surface area contributed by atoms with E-state index in [-0.39, 0.29) is 11.2 Å². The molecule has 28 heavy (non-hydrogen) atoms. The Kier molecular flexibility index (Phi) is 6.58. The number of halogens is 1. The van der Waals surface area contributed by atoms with Crippen molar-refractivity contribution in [3.8, 4) is 17.1 Å². The summed E-state index contributed by atoms with van der Waals surface area (Å²) in [6, 6.07) is 15.2. The smallest absolute Gasteiger partial charge is 0.233 e. The highest BCUT2D eigenvalue weighted by Crippen LogP contribution is 2.29. The van der Waals surface area contributed by atoms with Gasteiger partial charge in [-0.25, -0.2) is 4.68 Å². The number of hydrogen-bond donors (Lipinski definition) is 2. The Bertz CT molecular complexity index is 961. The van der Waals surface area contributed by atoms with Crippen molar-refractivity contribution in [3.05, 3.63) is 58.6 Å². The molecule has 0 spiro atoms. The Hall–Kier alpha value is -2.52. The molecular formula is C19H20BrN5O2S. The Morgan fingerprint density at radius 1 is 1.25 bits per heavy atom. The van der Waals surface area contributed by atoms with Gasteiger partial charge in [0.2, 0.25) is 11.1 Å². The number of amides is 1. The number of methoxy groups -OCH3 is 1. The number of ether oxygens (including phenoxy) is 1. The third kappa shape index (κ3) is 4.66. The fourth-order valence-corrected chi connectivity index (χ4v) is 3.73. The summed E-state index contributed by atoms with van der Waals surface area (Å²) in [5, 5.41) is 11.3. The van der Waals surface area contributed by atoms with Crippen LogP contribution in [-0.4, -0.2) is 33.1 Å². The van der Waals surface area contributed by atoms with E-state index in [9.17, 15) is 4.79 Å². The molecule has 1 aromatic heterocycles. The molecule has 1 amide bonds. The number of nitrogen functional groups attached to an aromatic ring is 1. The van der Waals surface area contributed by atoms with Crippen LogP contribution in [0.25, 0.3) is 11.4 Å². The second-order valence-electron chi connectivity index (χ2n) is 5.98. The molecule has 1 heterocycles. The van der Waals surface area contributed by atoms with Gasteiger partial charge in [0.15, 0.2) is 5.82 Å². The molecule has 0 fully saturated rings. The average molecular weight is 462 g/mol. The lowest BCUT2D eigenvalue weighted by Crippen LogP contribution is -2.30. The van der Waals surface area contributed by atoms with Crippen LogP contribution in [0.3, 0.4) is 0 Å². The zero-order valence-corrected chi connectivity index (χ0v) is 17.8. The van der Waals surface area contributed by atoms with Gasteiger partial charge >= 0.3 is 0 Å². The topological polar surface area (TPSA) is 95.1 Å². The maximum Gasteiger partial charge on any atom is 0.233 e. The number of nitrogens with one attached hydrogen (secondary N) is 1. The van der Waals surface area contributed by atoms with Crippen molar-refractivity contribution in [2.75, 3.05) is 13.0 Å². The summed E-state index contributed by atoms with van der Waals surface area (Å²) in [7, 11) is 1.62. The van der Waals surface area contributed by atoms with Crippen molar-refractivity contribution in [2.24, 2.45) is 0 Å². The first-order valence-corrected chi connectivity index (χ1v) is 10.2. The van der Waals surface area contributed by atoms with Crippen molar-refractivity contribution in [3.63, 3.8) is 0 Å². The Balaban J connectivity index is 1.62. The predicted molar refractivity (Wildman–Crippen MR) is 113 cm³/mol. The molecule has 0 saturated carbocycles. The van der Waals surface area contributed by atoms with Crippen LogP contribution in [0, 0.1) is 0 Å². The van der Waals surface area contributed by atoms with Crippen LogP contribution in [-0.2, 0) is 11.3 Å². The third-order valence-corrected chi connectivity index (χ3v) is 5.80. The molecule has 3 aromatic rings. The normalized spacial score (nSPS) is 11.8. The van der Waals surface area contributed by atoms with E-state index in [2.05, 4.69) is 31.4 Å². The molecule has 3 rings (SSSR count). The molecule has 0 radical (unpaired) electrons. The van der Waals surface area contributed by atoms with E-state index in [1.54, 1.807) is 14.0 Å². The number of thioether (sulfide) groups is 1. The molecule has 1 unspecified atom stereocenters. The van der Waals surface area contributed by atoms with Crippen LogP contribution < -0.4 is 15.9 Å². The van der Waals surface area contributed by atoms with Crippen LogP contribution in [0.2, 0.25) is 0 Å². The summed E-state index contributed by atoms with van der Waals surface area (Å²) in [4.78, 5) is 12.4. The summed E-state index contributed by atoms with van der Waals surface area (Å²) in [5.41, 5.74) is 1.82. The molecule has 0 aliphatic heterocycles. The summed E-state index contributed by atoms with van der Waals surface area (Å²) >= 11 is 4.74. The van der Waals surface area contributed by atoms with Gasteiger partial charge in [-0.15, -0.1) is 10.2 Å². The monoisotopic (exact) mass is 461 g/mol. The van der Waals surface area contributed by atoms with Gasteiger partial charge in [-0.1, -0.05) is 52.0 Å². The number of rotatable bonds is 7. The third-order valence-electron chi connectivity index (χ3n) is 4.06. The SMILES string of the molecule is COc1ccc(CNC(=O)C(C)Sc2nnc(-c3ccccc3Br)n2N)cc1. The molecule has 0 aliphatic rings. The molecule has 7 nitrogen and oxygen atoms in total. The highest BCUT2D eigenvalue weighted by molar-refractivity contribution is 9.10. The minimum Gasteiger partial charge on any atom is -0.497 e. The predicted octanol–water partition coefficient (Wildman–Crippen LogP) is 3.23. The van der Waals surface area contributed by atoms with Gasteiger partial charge < -0.3 is 15.9 Å². The highest BCUT2D eigenvalue weighted by Gasteiger charge is 2.20. The van der Waals surface area contributed by atoms with Crippen LogP contribution in [0.4, 0.5) is 0 Å². The van der Waals surface area contributed by atoms with Crippen molar-refractivity contribution in [1.29, 1.82) is 0 Å². The molecule has 0 saturated heterocycles. The average Bonchev–Trinajstić information content (AvgIpc) is 3.07. The van der Waals surface area contributed by atoms with E-state index < -0.39 is 0 Å². The van der Waals surface area contributed by atoms with Gasteiger partial charge in [0.1, 0.15) is 5.75 Å². The maximum atomic E-state index is 12.4. The van der Waals surface area contributed by atoms with Gasteiger partial charge in [-0.05, 0) is 36.8 Å². The first kappa shape index (κ1) is 20.2. The number of benzene rings is 2. The summed E-state index contributed by atoms with van der Waals surface area (Å²) < 4.78 is 7.40. The lowest BCUT2D eigenvalue weighted by Gasteiger charge is -2.12. The minimum absolute atomic E-state index is 0.105. The van der Waals surface area contributed by atoms with Crippen molar-refractivity contribution in [2.45, 2.75) is 23.9 Å². The summed E-state index contributed by atoms with van der Waals surface area (Å²) in [6.07, 6.45) is 0. The van der Waals surface area contributed by atoms with Crippen LogP contribution >= 0.6 is 27.7 Å². The van der Waals surface area contributed by atoms with E-state index >= 15 is 0 Å². The quantitative estimate of drug-likeness (QED) is 0.414. The van der Waals surface area contributed by atoms with E-state index in [1.807, 2.05) is 48.5 Å². The molecule has 0 aliphatic carbocycles. The Labute approximate surface area is 175 Å². The maximum absolute atomic E-state index is 12.4. The lowest BCUT2D eigenvalue weighted by atomic mass is 10.2. The first-order valence-electron chi connectivity index (χ1n) is 8.52. The first-order chi connectivity index (χ1) is 13.5. The van der Waals surface area contributed by atoms with Gasteiger partial charge in [-0.3, -0.25) is 4.79 Å². The zero-order chi connectivity index (χ0) is 20.1. The second kappa shape index (κ2) is 9.11. The fourth-order valence-electron chi connectivity index (χ4n) is 2.47. The Morgan fingerprint density at radius 3 is 2.64 bits per heavy atom. The Morgan fingerprint density at radius 2 is 1.96 bits per heavy atom. The lowest BCUT2D eigenvalue weighted by molar-refractivity contribution is -0.120. The van der Waals surface area contributed by atoms with E-state index in [4.69, 9.17) is 10.6 Å². The summed E-state index contributed by atoms with van der Waals surface area (Å²) in [5.74, 6) is 7.35. The van der Waals surface area contributed by atoms with Gasteiger partial charge in [0.05, 0.1) is 12.4 Å². The van der Waals surface area contributed by atoms with Crippen molar-refractivity contribution >= 4 is 33.6 Å². The fraction of sp³-hybridized carbons (Fsp3) is 0.211. The number of nitrogens with zero attached hydrogens (tertiary/aromatic N) is 3. The van der Waals surface area contributed by atoms with Crippen molar-refractivity contribution in [1.82, 2.24) is 20.2 Å². The van der Waals surface area contributed by atoms with Crippen molar-refractivity contribution < 1.29 is 9.53 Å². The van der Waals surface area contributed by atoms with E-state index in [0.717, 1.165) is 21.3 Å². The zero-order valence-electron chi connectivity index (χ0n) is 15.4. The molecule has 1 atom stereocenters. The number of carbonyl (C=O) groups excluding carboxylic acids is 1. The van der Waals surface area contributed by atoms with Gasteiger partial charge in [-0.2, -0.15) is 0 Å². The van der Waals surface area contributed by atoms with Gasteiger partial charge in [0.25, 0.3) is 0 Å². The van der Waals surface area contributed by atoms with E-state index in [1.165, 1.54) is 16.4 Å². The number of aromatic nitrogens is 3. The number of nitrogens with two attached hydrogens (primary N) is 1. The second-order valence-corrected chi connectivity index (χ2v) is 8.14. The molecular weight excluding hydrogens is 442 g/mol. The van der Waals surface area contributed by atoms with Crippen LogP contribution in [0.5, 0.6) is 5.75 Å². The van der Waals surface area contributed by atoms with Crippen LogP contribution in [0.1, 0.15) is 12.5 Å². The molecule has 146 valence electrons. The highest BCUT2D eigenvalue weighted by atomic mass is 79.9. The number of carbonyl (C=O) groups is 1. The largest absolute Gasteiger partial charge is 0.497 e. The number of hydrogen-bond acceptors (Lipinski definition) is 6. The van der Waals surface area contributed by atoms with E-state index in [0.29, 0.717) is 17.5 Å².